The fraction of sp³-hybridized carbons (Fsp3) is 0.267. The molecule has 1 aromatic carbocycles. The molecule has 0 saturated heterocycles. The molecule has 22 heavy (non-hydrogen) atoms. The van der Waals surface area contributed by atoms with Gasteiger partial charge in [0.1, 0.15) is 11.9 Å². The lowest BCUT2D eigenvalue weighted by Crippen LogP contribution is -2.11. The van der Waals surface area contributed by atoms with Crippen molar-refractivity contribution < 1.29 is 17.6 Å². The van der Waals surface area contributed by atoms with Gasteiger partial charge in [-0.3, -0.25) is 4.98 Å². The third-order valence-corrected chi connectivity index (χ3v) is 3.57. The van der Waals surface area contributed by atoms with Crippen LogP contribution in [-0.4, -0.2) is 11.5 Å². The number of aromatic nitrogens is 1. The van der Waals surface area contributed by atoms with Gasteiger partial charge in [0.05, 0.1) is 18.0 Å². The molecule has 0 amide bonds. The van der Waals surface area contributed by atoms with Crippen LogP contribution in [0.15, 0.2) is 52.8 Å². The zero-order valence-electron chi connectivity index (χ0n) is 11.3. The van der Waals surface area contributed by atoms with Gasteiger partial charge in [0.25, 0.3) is 0 Å². The fourth-order valence-electron chi connectivity index (χ4n) is 2.41. The first kappa shape index (κ1) is 14.6. The van der Waals surface area contributed by atoms with Crippen molar-refractivity contribution in [1.29, 1.82) is 0 Å². The van der Waals surface area contributed by atoms with Crippen molar-refractivity contribution in [2.24, 2.45) is 10.2 Å². The Bertz CT molecular complexity index is 677. The summed E-state index contributed by atoms with van der Waals surface area (Å²) in [4.78, 5) is 3.91. The minimum absolute atomic E-state index is 0.243. The van der Waals surface area contributed by atoms with Crippen LogP contribution in [0.4, 0.5) is 17.6 Å². The van der Waals surface area contributed by atoms with Crippen molar-refractivity contribution in [3.63, 3.8) is 0 Å². The number of pyridine rings is 1. The van der Waals surface area contributed by atoms with E-state index in [1.54, 1.807) is 12.1 Å². The summed E-state index contributed by atoms with van der Waals surface area (Å²) in [6, 6.07) is 7.83. The summed E-state index contributed by atoms with van der Waals surface area (Å²) in [7, 11) is 0. The maximum Gasteiger partial charge on any atom is 0.417 e. The fourth-order valence-corrected chi connectivity index (χ4v) is 2.41. The van der Waals surface area contributed by atoms with Crippen LogP contribution >= 0.6 is 0 Å². The topological polar surface area (TPSA) is 37.6 Å². The van der Waals surface area contributed by atoms with Crippen molar-refractivity contribution in [2.75, 3.05) is 6.54 Å². The third kappa shape index (κ3) is 2.84. The quantitative estimate of drug-likeness (QED) is 0.751. The van der Waals surface area contributed by atoms with Crippen LogP contribution in [-0.2, 0) is 6.18 Å². The van der Waals surface area contributed by atoms with Gasteiger partial charge in [0.2, 0.25) is 0 Å². The molecule has 114 valence electrons. The first-order chi connectivity index (χ1) is 10.4. The van der Waals surface area contributed by atoms with Gasteiger partial charge in [-0.2, -0.15) is 23.4 Å². The Kier molecular flexibility index (Phi) is 3.64. The van der Waals surface area contributed by atoms with Gasteiger partial charge in [0.15, 0.2) is 0 Å². The van der Waals surface area contributed by atoms with Crippen molar-refractivity contribution in [3.05, 3.63) is 65.2 Å². The Morgan fingerprint density at radius 1 is 1.00 bits per heavy atom. The average molecular weight is 309 g/mol. The average Bonchev–Trinajstić information content (AvgIpc) is 2.97. The summed E-state index contributed by atoms with van der Waals surface area (Å²) in [5, 5.41) is 8.07. The summed E-state index contributed by atoms with van der Waals surface area (Å²) in [6.45, 7) is 0.348. The highest BCUT2D eigenvalue weighted by atomic mass is 19.4. The first-order valence-corrected chi connectivity index (χ1v) is 6.60. The molecule has 3 nitrogen and oxygen atoms in total. The van der Waals surface area contributed by atoms with Gasteiger partial charge in [0, 0.05) is 11.9 Å². The number of hydrogen-bond acceptors (Lipinski definition) is 3. The highest BCUT2D eigenvalue weighted by Gasteiger charge is 2.33. The highest BCUT2D eigenvalue weighted by Crippen LogP contribution is 2.39. The monoisotopic (exact) mass is 309 g/mol. The Labute approximate surface area is 123 Å². The normalized spacial score (nSPS) is 21.3. The van der Waals surface area contributed by atoms with Gasteiger partial charge in [-0.1, -0.05) is 12.1 Å². The molecule has 2 atom stereocenters. The van der Waals surface area contributed by atoms with Gasteiger partial charge >= 0.3 is 6.18 Å². The van der Waals surface area contributed by atoms with E-state index in [2.05, 4.69) is 15.2 Å². The summed E-state index contributed by atoms with van der Waals surface area (Å²) < 4.78 is 50.7. The summed E-state index contributed by atoms with van der Waals surface area (Å²) in [5.74, 6) is -0.601. The molecule has 3 rings (SSSR count). The van der Waals surface area contributed by atoms with Crippen molar-refractivity contribution >= 4 is 0 Å². The van der Waals surface area contributed by atoms with Crippen LogP contribution in [0.1, 0.15) is 28.8 Å². The Balaban J connectivity index is 1.86. The molecule has 0 N–H and O–H groups in total. The molecule has 1 aliphatic heterocycles. The van der Waals surface area contributed by atoms with E-state index < -0.39 is 11.7 Å². The van der Waals surface area contributed by atoms with Crippen LogP contribution in [0.25, 0.3) is 0 Å². The number of rotatable bonds is 2. The lowest BCUT2D eigenvalue weighted by molar-refractivity contribution is -0.137. The molecule has 0 fully saturated rings. The standard InChI is InChI=1S/C15H11F4N3/c16-11-4-1-9(2-5-11)14-12(8-21-22-14)13-6-3-10(7-20-13)15(17,18)19/h1-7,12,14H,8H2. The van der Waals surface area contributed by atoms with Crippen molar-refractivity contribution in [1.82, 2.24) is 4.98 Å². The number of alkyl halides is 3. The van der Waals surface area contributed by atoms with E-state index in [4.69, 9.17) is 0 Å². The molecule has 2 aromatic rings. The second kappa shape index (κ2) is 5.47. The highest BCUT2D eigenvalue weighted by molar-refractivity contribution is 5.28. The van der Waals surface area contributed by atoms with E-state index in [-0.39, 0.29) is 17.8 Å². The van der Waals surface area contributed by atoms with Crippen molar-refractivity contribution in [3.8, 4) is 0 Å². The minimum atomic E-state index is -4.41. The van der Waals surface area contributed by atoms with E-state index >= 15 is 0 Å². The van der Waals surface area contributed by atoms with E-state index in [9.17, 15) is 17.6 Å². The largest absolute Gasteiger partial charge is 0.417 e. The third-order valence-electron chi connectivity index (χ3n) is 3.57. The number of nitrogens with zero attached hydrogens (tertiary/aromatic N) is 3. The second-order valence-electron chi connectivity index (χ2n) is 5.01. The van der Waals surface area contributed by atoms with Gasteiger partial charge in [-0.05, 0) is 29.8 Å². The van der Waals surface area contributed by atoms with Crippen LogP contribution in [0.5, 0.6) is 0 Å². The van der Waals surface area contributed by atoms with Gasteiger partial charge in [-0.25, -0.2) is 4.39 Å². The molecule has 0 saturated carbocycles. The molecule has 0 aliphatic carbocycles. The summed E-state index contributed by atoms with van der Waals surface area (Å²) in [6.07, 6.45) is -3.60. The zero-order valence-corrected chi connectivity index (χ0v) is 11.3. The Morgan fingerprint density at radius 2 is 1.73 bits per heavy atom. The molecule has 1 aliphatic rings. The van der Waals surface area contributed by atoms with Crippen LogP contribution in [0.3, 0.4) is 0 Å². The van der Waals surface area contributed by atoms with Gasteiger partial charge < -0.3 is 0 Å². The van der Waals surface area contributed by atoms with E-state index in [1.807, 2.05) is 0 Å². The molecular formula is C15H11F4N3. The van der Waals surface area contributed by atoms with Crippen LogP contribution in [0.2, 0.25) is 0 Å². The Hall–Kier alpha value is -2.31. The lowest BCUT2D eigenvalue weighted by Gasteiger charge is -2.17. The Morgan fingerprint density at radius 3 is 2.32 bits per heavy atom. The number of hydrogen-bond donors (Lipinski definition) is 0. The smallest absolute Gasteiger partial charge is 0.260 e. The van der Waals surface area contributed by atoms with Crippen LogP contribution < -0.4 is 0 Å². The summed E-state index contributed by atoms with van der Waals surface area (Å²) >= 11 is 0. The molecular weight excluding hydrogens is 298 g/mol. The first-order valence-electron chi connectivity index (χ1n) is 6.60. The van der Waals surface area contributed by atoms with E-state index in [0.717, 1.165) is 17.8 Å². The molecule has 0 radical (unpaired) electrons. The number of halogens is 4. The number of benzene rings is 1. The van der Waals surface area contributed by atoms with Crippen molar-refractivity contribution in [2.45, 2.75) is 18.1 Å². The zero-order chi connectivity index (χ0) is 15.7. The molecule has 7 heteroatoms. The SMILES string of the molecule is Fc1ccc(C2N=NCC2c2ccc(C(F)(F)F)cn2)cc1. The predicted octanol–water partition coefficient (Wildman–Crippen LogP) is 4.53. The van der Waals surface area contributed by atoms with E-state index in [1.165, 1.54) is 18.2 Å². The van der Waals surface area contributed by atoms with E-state index in [0.29, 0.717) is 12.2 Å². The molecule has 1 aromatic heterocycles. The predicted molar refractivity (Wildman–Crippen MR) is 70.8 cm³/mol. The maximum absolute atomic E-state index is 13.0. The van der Waals surface area contributed by atoms with Crippen LogP contribution in [0, 0.1) is 5.82 Å². The molecule has 2 heterocycles. The number of azo groups is 1. The maximum atomic E-state index is 13.0. The molecule has 0 bridgehead atoms. The summed E-state index contributed by atoms with van der Waals surface area (Å²) in [5.41, 5.74) is 0.461. The van der Waals surface area contributed by atoms with Gasteiger partial charge in [-0.15, -0.1) is 0 Å². The lowest BCUT2D eigenvalue weighted by atomic mass is 9.91. The second-order valence-corrected chi connectivity index (χ2v) is 5.01. The minimum Gasteiger partial charge on any atom is -0.260 e. The molecule has 2 unspecified atom stereocenters. The molecule has 0 spiro atoms.